The Morgan fingerprint density at radius 2 is 1.79 bits per heavy atom. The molecule has 2 aromatic carbocycles. The summed E-state index contributed by atoms with van der Waals surface area (Å²) in [6, 6.07) is 9.82. The van der Waals surface area contributed by atoms with E-state index >= 15 is 0 Å². The van der Waals surface area contributed by atoms with E-state index in [1.54, 1.807) is 6.07 Å². The summed E-state index contributed by atoms with van der Waals surface area (Å²) in [5.41, 5.74) is 0.762. The lowest BCUT2D eigenvalue weighted by Crippen LogP contribution is -2.33. The topological polar surface area (TPSA) is 155 Å². The summed E-state index contributed by atoms with van der Waals surface area (Å²) >= 11 is 0. The number of anilines is 1. The highest BCUT2D eigenvalue weighted by atomic mass is 16.6. The molecule has 4 rings (SSSR count). The number of hydrogen-bond donors (Lipinski definition) is 0. The number of non-ortho nitro benzene ring substituents is 1. The van der Waals surface area contributed by atoms with Crippen LogP contribution in [0.25, 0.3) is 11.5 Å². The van der Waals surface area contributed by atoms with Gasteiger partial charge in [0.1, 0.15) is 5.69 Å². The van der Waals surface area contributed by atoms with Crippen molar-refractivity contribution < 1.29 is 23.8 Å². The van der Waals surface area contributed by atoms with Crippen LogP contribution in [0.1, 0.15) is 36.0 Å². The third kappa shape index (κ3) is 5.00. The third-order valence-electron chi connectivity index (χ3n) is 5.65. The second kappa shape index (κ2) is 9.65. The largest absolute Gasteiger partial charge is 0.452 e. The Morgan fingerprint density at radius 1 is 1.09 bits per heavy atom. The van der Waals surface area contributed by atoms with Crippen molar-refractivity contribution in [3.05, 3.63) is 74.1 Å². The number of nitro groups is 2. The Labute approximate surface area is 193 Å². The normalized spacial score (nSPS) is 14.1. The molecule has 0 N–H and O–H groups in total. The zero-order valence-electron chi connectivity index (χ0n) is 18.2. The molecule has 1 aliphatic heterocycles. The Hall–Kier alpha value is -4.35. The molecule has 34 heavy (non-hydrogen) atoms. The van der Waals surface area contributed by atoms with Gasteiger partial charge in [0.15, 0.2) is 6.61 Å². The van der Waals surface area contributed by atoms with E-state index in [9.17, 15) is 25.0 Å². The van der Waals surface area contributed by atoms with Gasteiger partial charge in [0.2, 0.25) is 5.89 Å². The molecule has 0 unspecified atom stereocenters. The first-order valence-electron chi connectivity index (χ1n) is 10.6. The molecule has 12 nitrogen and oxygen atoms in total. The van der Waals surface area contributed by atoms with E-state index < -0.39 is 15.8 Å². The van der Waals surface area contributed by atoms with Crippen molar-refractivity contribution in [2.75, 3.05) is 18.0 Å². The van der Waals surface area contributed by atoms with Crippen LogP contribution in [-0.2, 0) is 11.3 Å². The van der Waals surface area contributed by atoms with E-state index in [4.69, 9.17) is 9.15 Å². The molecule has 0 bridgehead atoms. The number of piperidine rings is 1. The standard InChI is InChI=1S/C22H21N5O7/c1-14-8-10-25(11-9-14)18-7-4-16(12-19(18)27(31)32)22(28)33-13-20-23-24-21(34-20)15-2-5-17(6-3-15)26(29)30/h2-7,12,14H,8-11,13H2,1H3. The van der Waals surface area contributed by atoms with Crippen LogP contribution in [0.5, 0.6) is 0 Å². The van der Waals surface area contributed by atoms with Gasteiger partial charge in [-0.3, -0.25) is 20.2 Å². The van der Waals surface area contributed by atoms with Crippen molar-refractivity contribution in [3.63, 3.8) is 0 Å². The van der Waals surface area contributed by atoms with Gasteiger partial charge in [0.25, 0.3) is 17.3 Å². The first kappa shape index (κ1) is 22.8. The number of esters is 1. The minimum Gasteiger partial charge on any atom is -0.452 e. The molecule has 176 valence electrons. The number of rotatable bonds is 7. The highest BCUT2D eigenvalue weighted by molar-refractivity contribution is 5.91. The minimum absolute atomic E-state index is 0.00950. The zero-order valence-corrected chi connectivity index (χ0v) is 18.2. The number of benzene rings is 2. The van der Waals surface area contributed by atoms with Crippen LogP contribution in [0.2, 0.25) is 0 Å². The number of nitro benzene ring substituents is 2. The van der Waals surface area contributed by atoms with Crippen molar-refractivity contribution in [1.82, 2.24) is 10.2 Å². The van der Waals surface area contributed by atoms with E-state index in [0.717, 1.165) is 25.9 Å². The van der Waals surface area contributed by atoms with Crippen LogP contribution in [-0.4, -0.2) is 39.1 Å². The maximum Gasteiger partial charge on any atom is 0.338 e. The van der Waals surface area contributed by atoms with E-state index in [0.29, 0.717) is 17.2 Å². The van der Waals surface area contributed by atoms with Crippen molar-refractivity contribution in [1.29, 1.82) is 0 Å². The van der Waals surface area contributed by atoms with E-state index in [1.807, 2.05) is 4.90 Å². The number of hydrogen-bond acceptors (Lipinski definition) is 10. The van der Waals surface area contributed by atoms with Crippen LogP contribution in [0.15, 0.2) is 46.9 Å². The molecule has 1 aromatic heterocycles. The van der Waals surface area contributed by atoms with Gasteiger partial charge < -0.3 is 14.1 Å². The number of ether oxygens (including phenoxy) is 1. The molecule has 1 saturated heterocycles. The van der Waals surface area contributed by atoms with Crippen LogP contribution in [0.3, 0.4) is 0 Å². The molecule has 1 fully saturated rings. The van der Waals surface area contributed by atoms with Gasteiger partial charge in [-0.15, -0.1) is 10.2 Å². The van der Waals surface area contributed by atoms with Crippen molar-refractivity contribution in [2.45, 2.75) is 26.4 Å². The second-order valence-corrected chi connectivity index (χ2v) is 8.01. The van der Waals surface area contributed by atoms with Gasteiger partial charge in [-0.2, -0.15) is 0 Å². The van der Waals surface area contributed by atoms with Gasteiger partial charge in [0, 0.05) is 36.9 Å². The number of carbonyl (C=O) groups excluding carboxylic acids is 1. The highest BCUT2D eigenvalue weighted by Crippen LogP contribution is 2.32. The maximum absolute atomic E-state index is 12.5. The summed E-state index contributed by atoms with van der Waals surface area (Å²) in [5, 5.41) is 30.0. The molecular weight excluding hydrogens is 446 g/mol. The molecule has 0 amide bonds. The van der Waals surface area contributed by atoms with Gasteiger partial charge in [-0.05, 0) is 43.0 Å². The van der Waals surface area contributed by atoms with Crippen molar-refractivity contribution in [3.8, 4) is 11.5 Å². The molecule has 0 atom stereocenters. The summed E-state index contributed by atoms with van der Waals surface area (Å²) in [4.78, 5) is 35.8. The maximum atomic E-state index is 12.5. The lowest BCUT2D eigenvalue weighted by atomic mass is 9.98. The van der Waals surface area contributed by atoms with E-state index in [-0.39, 0.29) is 35.3 Å². The predicted octanol–water partition coefficient (Wildman–Crippen LogP) is 4.15. The fourth-order valence-corrected chi connectivity index (χ4v) is 3.68. The lowest BCUT2D eigenvalue weighted by Gasteiger charge is -2.31. The van der Waals surface area contributed by atoms with Crippen molar-refractivity contribution in [2.24, 2.45) is 5.92 Å². The summed E-state index contributed by atoms with van der Waals surface area (Å²) in [7, 11) is 0. The van der Waals surface area contributed by atoms with Gasteiger partial charge in [-0.25, -0.2) is 4.79 Å². The molecule has 0 spiro atoms. The SMILES string of the molecule is CC1CCN(c2ccc(C(=O)OCc3nnc(-c4ccc([N+](=O)[O-])cc4)o3)cc2[N+](=O)[O-])CC1. The highest BCUT2D eigenvalue weighted by Gasteiger charge is 2.25. The summed E-state index contributed by atoms with van der Waals surface area (Å²) in [6.45, 7) is 3.27. The van der Waals surface area contributed by atoms with Gasteiger partial charge in [0.05, 0.1) is 15.4 Å². The van der Waals surface area contributed by atoms with Gasteiger partial charge in [-0.1, -0.05) is 6.92 Å². The number of carbonyl (C=O) groups is 1. The lowest BCUT2D eigenvalue weighted by molar-refractivity contribution is -0.384. The Bertz CT molecular complexity index is 1220. The average Bonchev–Trinajstić information content (AvgIpc) is 3.32. The Morgan fingerprint density at radius 3 is 2.44 bits per heavy atom. The molecule has 0 radical (unpaired) electrons. The van der Waals surface area contributed by atoms with Crippen LogP contribution in [0.4, 0.5) is 17.1 Å². The molecule has 0 saturated carbocycles. The molecule has 0 aliphatic carbocycles. The fourth-order valence-electron chi connectivity index (χ4n) is 3.68. The Kier molecular flexibility index (Phi) is 6.48. The third-order valence-corrected chi connectivity index (χ3v) is 5.65. The van der Waals surface area contributed by atoms with Crippen molar-refractivity contribution >= 4 is 23.0 Å². The van der Waals surface area contributed by atoms with E-state index in [1.165, 1.54) is 36.4 Å². The molecule has 2 heterocycles. The fraction of sp³-hybridized carbons (Fsp3) is 0.318. The smallest absolute Gasteiger partial charge is 0.338 e. The quantitative estimate of drug-likeness (QED) is 0.281. The summed E-state index contributed by atoms with van der Waals surface area (Å²) in [6.07, 6.45) is 1.90. The molecule has 3 aromatic rings. The average molecular weight is 467 g/mol. The van der Waals surface area contributed by atoms with Crippen LogP contribution < -0.4 is 4.90 Å². The van der Waals surface area contributed by atoms with Gasteiger partial charge >= 0.3 is 5.97 Å². The van der Waals surface area contributed by atoms with Crippen LogP contribution in [0, 0.1) is 26.1 Å². The predicted molar refractivity (Wildman–Crippen MR) is 119 cm³/mol. The first-order valence-corrected chi connectivity index (χ1v) is 10.6. The molecule has 12 heteroatoms. The minimum atomic E-state index is -0.767. The molecule has 1 aliphatic rings. The number of aromatic nitrogens is 2. The first-order chi connectivity index (χ1) is 16.3. The molecular formula is C22H21N5O7. The monoisotopic (exact) mass is 467 g/mol. The number of nitrogens with zero attached hydrogens (tertiary/aromatic N) is 5. The Balaban J connectivity index is 1.42. The summed E-state index contributed by atoms with van der Waals surface area (Å²) < 4.78 is 10.6. The van der Waals surface area contributed by atoms with E-state index in [2.05, 4.69) is 17.1 Å². The summed E-state index contributed by atoms with van der Waals surface area (Å²) in [5.74, 6) is -0.0702. The van der Waals surface area contributed by atoms with Crippen LogP contribution >= 0.6 is 0 Å². The zero-order chi connectivity index (χ0) is 24.2. The second-order valence-electron chi connectivity index (χ2n) is 8.01.